The second kappa shape index (κ2) is 18.4. The van der Waals surface area contributed by atoms with Crippen molar-refractivity contribution in [2.45, 2.75) is 97.9 Å². The highest BCUT2D eigenvalue weighted by atomic mass is 19.4. The number of nitrogens with zero attached hydrogens (tertiary/aromatic N) is 1. The fraction of sp³-hybridized carbons (Fsp3) is 0.421. The van der Waals surface area contributed by atoms with Gasteiger partial charge in [-0.15, -0.1) is 0 Å². The number of hydrogen-bond acceptors (Lipinski definition) is 7. The molecule has 0 saturated carbocycles. The van der Waals surface area contributed by atoms with Crippen LogP contribution in [-0.2, 0) is 38.4 Å². The highest BCUT2D eigenvalue weighted by molar-refractivity contribution is 6.04. The van der Waals surface area contributed by atoms with Gasteiger partial charge in [0, 0.05) is 24.5 Å². The Labute approximate surface area is 301 Å². The van der Waals surface area contributed by atoms with Gasteiger partial charge in [-0.25, -0.2) is 9.59 Å². The molecule has 0 saturated heterocycles. The molecule has 0 radical (unpaired) electrons. The van der Waals surface area contributed by atoms with Crippen LogP contribution in [0.2, 0.25) is 0 Å². The van der Waals surface area contributed by atoms with Gasteiger partial charge >= 0.3 is 18.4 Å². The summed E-state index contributed by atoms with van der Waals surface area (Å²) in [5.41, 5.74) is 0.824. The Morgan fingerprint density at radius 2 is 1.54 bits per heavy atom. The van der Waals surface area contributed by atoms with Crippen LogP contribution in [0.25, 0.3) is 0 Å². The van der Waals surface area contributed by atoms with Crippen molar-refractivity contribution in [3.8, 4) is 0 Å². The lowest BCUT2D eigenvalue weighted by Gasteiger charge is -2.31. The lowest BCUT2D eigenvalue weighted by molar-refractivity contribution is -0.137. The smallest absolute Gasteiger partial charge is 0.416 e. The van der Waals surface area contributed by atoms with E-state index in [0.29, 0.717) is 18.6 Å². The summed E-state index contributed by atoms with van der Waals surface area (Å²) in [7, 11) is 0. The molecule has 0 unspecified atom stereocenters. The van der Waals surface area contributed by atoms with E-state index in [4.69, 9.17) is 9.47 Å². The number of nitrogens with one attached hydrogen (secondary N) is 3. The maximum Gasteiger partial charge on any atom is 0.416 e. The summed E-state index contributed by atoms with van der Waals surface area (Å²) in [6.07, 6.45) is -7.66. The first-order valence-corrected chi connectivity index (χ1v) is 16.8. The molecule has 14 heteroatoms. The molecule has 0 aliphatic heterocycles. The summed E-state index contributed by atoms with van der Waals surface area (Å²) in [5, 5.41) is 18.2. The van der Waals surface area contributed by atoms with E-state index < -0.39 is 59.9 Å². The van der Waals surface area contributed by atoms with E-state index in [2.05, 4.69) is 16.0 Å². The van der Waals surface area contributed by atoms with Crippen molar-refractivity contribution in [3.05, 3.63) is 94.5 Å². The van der Waals surface area contributed by atoms with Gasteiger partial charge in [0.05, 0.1) is 17.7 Å². The number of aliphatic hydroxyl groups is 1. The number of alkyl halides is 3. The zero-order valence-corrected chi connectivity index (χ0v) is 30.2. The number of aryl methyl sites for hydroxylation is 2. The van der Waals surface area contributed by atoms with Gasteiger partial charge < -0.3 is 30.1 Å². The Balaban J connectivity index is 1.78. The van der Waals surface area contributed by atoms with Gasteiger partial charge in [-0.3, -0.25) is 14.9 Å². The number of benzene rings is 3. The van der Waals surface area contributed by atoms with Gasteiger partial charge in [0.15, 0.2) is 0 Å². The van der Waals surface area contributed by atoms with E-state index in [1.54, 1.807) is 32.9 Å². The minimum Gasteiger partial charge on any atom is -0.445 e. The molecule has 0 bridgehead atoms. The summed E-state index contributed by atoms with van der Waals surface area (Å²) >= 11 is 0. The monoisotopic (exact) mass is 728 g/mol. The Hall–Kier alpha value is -5.11. The number of anilines is 2. The number of hydrogen-bond donors (Lipinski definition) is 4. The number of rotatable bonds is 14. The van der Waals surface area contributed by atoms with E-state index in [-0.39, 0.29) is 37.5 Å². The molecule has 52 heavy (non-hydrogen) atoms. The van der Waals surface area contributed by atoms with Gasteiger partial charge in [-0.2, -0.15) is 13.2 Å². The van der Waals surface area contributed by atoms with Crippen LogP contribution in [0.3, 0.4) is 0 Å². The third-order valence-corrected chi connectivity index (χ3v) is 7.65. The summed E-state index contributed by atoms with van der Waals surface area (Å²) in [4.78, 5) is 53.2. The van der Waals surface area contributed by atoms with Crippen molar-refractivity contribution in [2.75, 3.05) is 17.2 Å². The second-order valence-corrected chi connectivity index (χ2v) is 13.5. The lowest BCUT2D eigenvalue weighted by Crippen LogP contribution is -2.52. The first-order valence-electron chi connectivity index (χ1n) is 16.8. The molecule has 3 aromatic carbocycles. The molecule has 3 aromatic rings. The average Bonchev–Trinajstić information content (AvgIpc) is 3.03. The van der Waals surface area contributed by atoms with Crippen molar-refractivity contribution >= 4 is 35.4 Å². The topological polar surface area (TPSA) is 146 Å². The predicted molar refractivity (Wildman–Crippen MR) is 190 cm³/mol. The number of halogens is 3. The van der Waals surface area contributed by atoms with Crippen LogP contribution >= 0.6 is 0 Å². The summed E-state index contributed by atoms with van der Waals surface area (Å²) in [6.45, 7) is 10.3. The van der Waals surface area contributed by atoms with Crippen LogP contribution in [-0.4, -0.2) is 58.3 Å². The normalized spacial score (nSPS) is 12.7. The fourth-order valence-corrected chi connectivity index (χ4v) is 5.21. The molecule has 11 nitrogen and oxygen atoms in total. The standard InChI is InChI=1S/C38H47F3N4O7/c1-7-11-32(46)31(22-45(21-27-15-14-24(2)16-25(27)3)36(50)51-23-26-12-9-8-10-13-26)44-34(48)20-33(47)42-29-17-28(38(39,40)41)18-30(19-29)43-35(49)52-37(4,5)6/h8-10,12-19,31-32,46H,7,11,20-23H2,1-6H3,(H,42,47)(H,43,49)(H,44,48)/t31-,32-/m0/s1. The van der Waals surface area contributed by atoms with E-state index in [1.807, 2.05) is 57.2 Å². The Morgan fingerprint density at radius 3 is 2.13 bits per heavy atom. The van der Waals surface area contributed by atoms with Crippen LogP contribution in [0, 0.1) is 13.8 Å². The zero-order chi connectivity index (χ0) is 38.6. The molecule has 4 amide bonds. The van der Waals surface area contributed by atoms with Gasteiger partial charge in [-0.05, 0) is 75.9 Å². The maximum atomic E-state index is 13.7. The molecular weight excluding hydrogens is 681 g/mol. The van der Waals surface area contributed by atoms with Gasteiger partial charge in [0.1, 0.15) is 18.6 Å². The molecule has 2 atom stereocenters. The van der Waals surface area contributed by atoms with E-state index >= 15 is 0 Å². The van der Waals surface area contributed by atoms with Crippen LogP contribution in [0.1, 0.15) is 74.8 Å². The van der Waals surface area contributed by atoms with Gasteiger partial charge in [0.25, 0.3) is 0 Å². The van der Waals surface area contributed by atoms with Gasteiger partial charge in [0.2, 0.25) is 11.8 Å². The number of aliphatic hydroxyl groups excluding tert-OH is 1. The Kier molecular flexibility index (Phi) is 14.6. The predicted octanol–water partition coefficient (Wildman–Crippen LogP) is 7.48. The average molecular weight is 729 g/mol. The molecule has 282 valence electrons. The minimum atomic E-state index is -4.82. The number of amides is 4. The molecule has 3 rings (SSSR count). The summed E-state index contributed by atoms with van der Waals surface area (Å²) in [5.74, 6) is -1.81. The molecule has 0 aliphatic carbocycles. The molecule has 0 aromatic heterocycles. The van der Waals surface area contributed by atoms with Crippen molar-refractivity contribution in [1.82, 2.24) is 10.2 Å². The molecule has 0 fully saturated rings. The van der Waals surface area contributed by atoms with E-state index in [0.717, 1.165) is 28.3 Å². The van der Waals surface area contributed by atoms with Crippen molar-refractivity contribution in [1.29, 1.82) is 0 Å². The largest absolute Gasteiger partial charge is 0.445 e. The van der Waals surface area contributed by atoms with Crippen LogP contribution in [0.5, 0.6) is 0 Å². The summed E-state index contributed by atoms with van der Waals surface area (Å²) < 4.78 is 51.8. The molecule has 0 spiro atoms. The molecule has 0 heterocycles. The zero-order valence-electron chi connectivity index (χ0n) is 30.2. The number of carbonyl (C=O) groups excluding carboxylic acids is 4. The van der Waals surface area contributed by atoms with Crippen LogP contribution in [0.4, 0.5) is 34.1 Å². The lowest BCUT2D eigenvalue weighted by atomic mass is 10.0. The maximum absolute atomic E-state index is 13.7. The van der Waals surface area contributed by atoms with Crippen molar-refractivity contribution in [3.63, 3.8) is 0 Å². The highest BCUT2D eigenvalue weighted by Gasteiger charge is 2.32. The number of ether oxygens (including phenoxy) is 2. The number of carbonyl (C=O) groups is 4. The third-order valence-electron chi connectivity index (χ3n) is 7.65. The van der Waals surface area contributed by atoms with E-state index in [1.165, 1.54) is 4.90 Å². The SMILES string of the molecule is CCC[C@H](O)[C@H](CN(Cc1ccc(C)cc1C)C(=O)OCc1ccccc1)NC(=O)CC(=O)Nc1cc(NC(=O)OC(C)(C)C)cc(C(F)(F)F)c1. The van der Waals surface area contributed by atoms with Gasteiger partial charge in [-0.1, -0.05) is 67.4 Å². The quantitative estimate of drug-likeness (QED) is 0.126. The fourth-order valence-electron chi connectivity index (χ4n) is 5.21. The van der Waals surface area contributed by atoms with Crippen LogP contribution < -0.4 is 16.0 Å². The second-order valence-electron chi connectivity index (χ2n) is 13.5. The van der Waals surface area contributed by atoms with Crippen LogP contribution in [0.15, 0.2) is 66.7 Å². The first-order chi connectivity index (χ1) is 24.3. The van der Waals surface area contributed by atoms with Crippen molar-refractivity contribution < 1.29 is 46.9 Å². The molecule has 4 N–H and O–H groups in total. The third kappa shape index (κ3) is 13.9. The highest BCUT2D eigenvalue weighted by Crippen LogP contribution is 2.33. The van der Waals surface area contributed by atoms with Crippen molar-refractivity contribution in [2.24, 2.45) is 0 Å². The minimum absolute atomic E-state index is 0.0116. The Morgan fingerprint density at radius 1 is 0.885 bits per heavy atom. The van der Waals surface area contributed by atoms with E-state index in [9.17, 15) is 37.5 Å². The molecule has 0 aliphatic rings. The molecular formula is C38H47F3N4O7. The Bertz CT molecular complexity index is 1690. The summed E-state index contributed by atoms with van der Waals surface area (Å²) in [6, 6.07) is 16.2. The first kappa shape index (κ1) is 41.3.